The zero-order valence-electron chi connectivity index (χ0n) is 16.7. The molecule has 148 valence electrons. The van der Waals surface area contributed by atoms with Crippen molar-refractivity contribution in [2.45, 2.75) is 70.3 Å². The van der Waals surface area contributed by atoms with Gasteiger partial charge < -0.3 is 15.1 Å². The lowest BCUT2D eigenvalue weighted by molar-refractivity contribution is -0.126. The zero-order valence-corrected chi connectivity index (χ0v) is 16.7. The lowest BCUT2D eigenvalue weighted by Gasteiger charge is -2.50. The number of phenols is 1. The predicted octanol–water partition coefficient (Wildman–Crippen LogP) is 3.85. The molecule has 3 aliphatic carbocycles. The quantitative estimate of drug-likeness (QED) is 0.728. The van der Waals surface area contributed by atoms with Gasteiger partial charge in [0.25, 0.3) is 0 Å². The number of fused-ring (bicyclic) bond motifs is 5. The Morgan fingerprint density at radius 2 is 1.96 bits per heavy atom. The maximum atomic E-state index is 10.5. The third-order valence-corrected chi connectivity index (χ3v) is 7.97. The van der Waals surface area contributed by atoms with Gasteiger partial charge in [0.05, 0.1) is 6.10 Å². The van der Waals surface area contributed by atoms with Crippen LogP contribution in [0.25, 0.3) is 0 Å². The van der Waals surface area contributed by atoms with Gasteiger partial charge in [0.15, 0.2) is 0 Å². The van der Waals surface area contributed by atoms with Gasteiger partial charge in [0.1, 0.15) is 5.75 Å². The van der Waals surface area contributed by atoms with Crippen molar-refractivity contribution in [3.63, 3.8) is 0 Å². The highest BCUT2D eigenvalue weighted by molar-refractivity contribution is 5.77. The molecule has 2 saturated carbocycles. The van der Waals surface area contributed by atoms with E-state index in [0.29, 0.717) is 23.5 Å². The van der Waals surface area contributed by atoms with Crippen molar-refractivity contribution in [2.75, 3.05) is 13.6 Å². The second-order valence-electron chi connectivity index (χ2n) is 9.36. The Bertz CT molecular complexity index is 718. The van der Waals surface area contributed by atoms with Crippen LogP contribution in [0.4, 0.5) is 0 Å². The lowest BCUT2D eigenvalue weighted by atomic mass is 9.55. The highest BCUT2D eigenvalue weighted by Crippen LogP contribution is 2.60. The number of phenolic OH excluding ortho intramolecular Hbond substituents is 1. The number of benzene rings is 1. The van der Waals surface area contributed by atoms with Crippen molar-refractivity contribution in [1.82, 2.24) is 4.90 Å². The molecule has 5 rings (SSSR count). The van der Waals surface area contributed by atoms with E-state index in [1.165, 1.54) is 30.4 Å². The minimum atomic E-state index is -0.0883. The van der Waals surface area contributed by atoms with E-state index in [1.807, 2.05) is 19.2 Å². The van der Waals surface area contributed by atoms with Gasteiger partial charge in [-0.2, -0.15) is 0 Å². The summed E-state index contributed by atoms with van der Waals surface area (Å²) in [5.74, 6) is 2.78. The average molecular weight is 372 g/mol. The smallest absolute Gasteiger partial charge is 0.222 e. The van der Waals surface area contributed by atoms with E-state index < -0.39 is 0 Å². The minimum Gasteiger partial charge on any atom is -0.508 e. The van der Waals surface area contributed by atoms with Crippen LogP contribution >= 0.6 is 0 Å². The standard InChI is InChI=1S/C18H24O2.C5H9NO/c1-18-9-8-14-13-5-3-12(19)10-11(13)2-4-15(14)16(18)6-7-17(18)20;1-6-4-2-3-5(6)7/h3,5,10,14-17,19-20H,2,4,6-9H2,1H3;2-4H2,1H3/t14-,15-,16+,17+,18+;/m1./s1. The average Bonchev–Trinajstić information content (AvgIpc) is 3.17. The van der Waals surface area contributed by atoms with Crippen molar-refractivity contribution in [3.8, 4) is 5.75 Å². The summed E-state index contributed by atoms with van der Waals surface area (Å²) in [7, 11) is 1.84. The van der Waals surface area contributed by atoms with Crippen LogP contribution in [0, 0.1) is 17.3 Å². The van der Waals surface area contributed by atoms with Crippen LogP contribution in [-0.2, 0) is 11.2 Å². The molecular formula is C23H33NO3. The van der Waals surface area contributed by atoms with Gasteiger partial charge in [0.2, 0.25) is 5.91 Å². The first-order chi connectivity index (χ1) is 12.9. The molecule has 27 heavy (non-hydrogen) atoms. The van der Waals surface area contributed by atoms with Crippen molar-refractivity contribution in [2.24, 2.45) is 17.3 Å². The van der Waals surface area contributed by atoms with Gasteiger partial charge in [-0.25, -0.2) is 0 Å². The summed E-state index contributed by atoms with van der Waals surface area (Å²) in [5, 5.41) is 20.0. The Kier molecular flexibility index (Phi) is 4.96. The number of aliphatic hydroxyl groups is 1. The van der Waals surface area contributed by atoms with Crippen LogP contribution in [-0.4, -0.2) is 40.7 Å². The van der Waals surface area contributed by atoms with Gasteiger partial charge in [-0.3, -0.25) is 4.79 Å². The van der Waals surface area contributed by atoms with Crippen LogP contribution in [0.5, 0.6) is 5.75 Å². The summed E-state index contributed by atoms with van der Waals surface area (Å²) >= 11 is 0. The van der Waals surface area contributed by atoms with Gasteiger partial charge in [0, 0.05) is 20.0 Å². The molecule has 0 bridgehead atoms. The van der Waals surface area contributed by atoms with Crippen molar-refractivity contribution in [1.29, 1.82) is 0 Å². The number of carbonyl (C=O) groups is 1. The second-order valence-corrected chi connectivity index (χ2v) is 9.36. The molecule has 1 amide bonds. The maximum Gasteiger partial charge on any atom is 0.222 e. The fraction of sp³-hybridized carbons (Fsp3) is 0.696. The van der Waals surface area contributed by atoms with Gasteiger partial charge in [-0.15, -0.1) is 0 Å². The van der Waals surface area contributed by atoms with Crippen molar-refractivity contribution < 1.29 is 15.0 Å². The van der Waals surface area contributed by atoms with E-state index in [2.05, 4.69) is 13.0 Å². The van der Waals surface area contributed by atoms with Gasteiger partial charge in [-0.1, -0.05) is 13.0 Å². The molecule has 4 nitrogen and oxygen atoms in total. The first-order valence-electron chi connectivity index (χ1n) is 10.6. The van der Waals surface area contributed by atoms with E-state index in [9.17, 15) is 15.0 Å². The predicted molar refractivity (Wildman–Crippen MR) is 106 cm³/mol. The molecule has 4 heteroatoms. The summed E-state index contributed by atoms with van der Waals surface area (Å²) in [6.07, 6.45) is 8.59. The van der Waals surface area contributed by atoms with E-state index in [-0.39, 0.29) is 11.5 Å². The van der Waals surface area contributed by atoms with Crippen molar-refractivity contribution >= 4 is 5.91 Å². The van der Waals surface area contributed by atoms with Gasteiger partial charge in [-0.05, 0) is 91.4 Å². The molecule has 1 aromatic carbocycles. The number of nitrogens with zero attached hydrogens (tertiary/aromatic N) is 1. The molecule has 0 aromatic heterocycles. The molecule has 1 heterocycles. The molecule has 0 radical (unpaired) electrons. The Morgan fingerprint density at radius 1 is 1.15 bits per heavy atom. The first-order valence-corrected chi connectivity index (χ1v) is 10.6. The Labute approximate surface area is 162 Å². The second kappa shape index (κ2) is 7.12. The minimum absolute atomic E-state index is 0.0883. The maximum absolute atomic E-state index is 10.5. The molecule has 5 atom stereocenters. The third-order valence-electron chi connectivity index (χ3n) is 7.97. The lowest BCUT2D eigenvalue weighted by Crippen LogP contribution is -2.43. The van der Waals surface area contributed by atoms with Crippen LogP contribution in [0.1, 0.15) is 68.9 Å². The Balaban J connectivity index is 0.000000218. The number of likely N-dealkylation sites (tertiary alicyclic amines) is 1. The molecule has 0 spiro atoms. The number of rotatable bonds is 0. The fourth-order valence-corrected chi connectivity index (χ4v) is 6.32. The Hall–Kier alpha value is -1.55. The molecule has 1 aromatic rings. The number of hydrogen-bond donors (Lipinski definition) is 2. The number of carbonyl (C=O) groups excluding carboxylic acids is 1. The monoisotopic (exact) mass is 371 g/mol. The van der Waals surface area contributed by atoms with E-state index in [1.54, 1.807) is 4.90 Å². The highest BCUT2D eigenvalue weighted by Gasteiger charge is 2.54. The molecule has 4 aliphatic rings. The summed E-state index contributed by atoms with van der Waals surface area (Å²) < 4.78 is 0. The topological polar surface area (TPSA) is 60.8 Å². The fourth-order valence-electron chi connectivity index (χ4n) is 6.32. The van der Waals surface area contributed by atoms with E-state index >= 15 is 0 Å². The molecule has 3 fully saturated rings. The van der Waals surface area contributed by atoms with Crippen LogP contribution in [0.3, 0.4) is 0 Å². The van der Waals surface area contributed by atoms with Crippen LogP contribution in [0.2, 0.25) is 0 Å². The molecular weight excluding hydrogens is 338 g/mol. The SMILES string of the molecule is CN1CCCC1=O.C[C@]12CC[C@@H]3c4ccc(O)cc4CC[C@H]3[C@@H]1CC[C@@H]2O. The normalized spacial score (nSPS) is 37.1. The largest absolute Gasteiger partial charge is 0.508 e. The summed E-state index contributed by atoms with van der Waals surface area (Å²) in [4.78, 5) is 12.3. The number of aliphatic hydroxyl groups excluding tert-OH is 1. The third kappa shape index (κ3) is 3.26. The van der Waals surface area contributed by atoms with Crippen LogP contribution in [0.15, 0.2) is 18.2 Å². The first kappa shape index (κ1) is 18.8. The summed E-state index contributed by atoms with van der Waals surface area (Å²) in [6, 6.07) is 5.96. The zero-order chi connectivity index (χ0) is 19.2. The van der Waals surface area contributed by atoms with E-state index in [4.69, 9.17) is 0 Å². The van der Waals surface area contributed by atoms with E-state index in [0.717, 1.165) is 44.6 Å². The number of hydrogen-bond acceptors (Lipinski definition) is 3. The molecule has 1 saturated heterocycles. The summed E-state index contributed by atoms with van der Waals surface area (Å²) in [5.41, 5.74) is 2.99. The molecule has 2 N–H and O–H groups in total. The number of amides is 1. The number of aryl methyl sites for hydroxylation is 1. The highest BCUT2D eigenvalue weighted by atomic mass is 16.3. The molecule has 0 unspecified atom stereocenters. The van der Waals surface area contributed by atoms with Gasteiger partial charge >= 0.3 is 0 Å². The Morgan fingerprint density at radius 3 is 2.63 bits per heavy atom. The van der Waals surface area contributed by atoms with Crippen LogP contribution < -0.4 is 0 Å². The molecule has 1 aliphatic heterocycles. The summed E-state index contributed by atoms with van der Waals surface area (Å²) in [6.45, 7) is 3.27. The number of aromatic hydroxyl groups is 1. The van der Waals surface area contributed by atoms with Crippen molar-refractivity contribution in [3.05, 3.63) is 29.3 Å².